The van der Waals surface area contributed by atoms with E-state index in [1.807, 2.05) is 6.92 Å². The van der Waals surface area contributed by atoms with E-state index in [2.05, 4.69) is 6.92 Å². The number of anilines is 1. The molecule has 20 heavy (non-hydrogen) atoms. The highest BCUT2D eigenvalue weighted by atomic mass is 32.2. The lowest BCUT2D eigenvalue weighted by Gasteiger charge is -2.25. The lowest BCUT2D eigenvalue weighted by Crippen LogP contribution is -2.37. The molecular formula is C13H19N3O3S. The van der Waals surface area contributed by atoms with Crippen molar-refractivity contribution < 1.29 is 9.72 Å². The molecule has 0 heterocycles. The smallest absolute Gasteiger partial charge is 0.270 e. The van der Waals surface area contributed by atoms with Gasteiger partial charge in [0.2, 0.25) is 0 Å². The fourth-order valence-electron chi connectivity index (χ4n) is 1.63. The van der Waals surface area contributed by atoms with Crippen molar-refractivity contribution in [3.05, 3.63) is 33.9 Å². The highest BCUT2D eigenvalue weighted by Gasteiger charge is 2.21. The molecule has 0 aromatic heterocycles. The third-order valence-corrected chi connectivity index (χ3v) is 4.15. The minimum Gasteiger partial charge on any atom is -0.398 e. The molecule has 0 aliphatic rings. The summed E-state index contributed by atoms with van der Waals surface area (Å²) in [5, 5.41) is 10.8. The van der Waals surface area contributed by atoms with Gasteiger partial charge in [-0.2, -0.15) is 11.8 Å². The van der Waals surface area contributed by atoms with Crippen LogP contribution >= 0.6 is 11.8 Å². The number of nitrogens with two attached hydrogens (primary N) is 1. The minimum absolute atomic E-state index is 0.0334. The first-order chi connectivity index (χ1) is 9.38. The van der Waals surface area contributed by atoms with Gasteiger partial charge in [-0.05, 0) is 18.7 Å². The Balaban J connectivity index is 2.96. The third kappa shape index (κ3) is 3.86. The summed E-state index contributed by atoms with van der Waals surface area (Å²) < 4.78 is 0. The standard InChI is InChI=1S/C13H19N3O3S/c1-4-20-8-9(2)15(3)13(17)11-7-10(16(18)19)5-6-12(11)14/h5-7,9H,4,8,14H2,1-3H3. The summed E-state index contributed by atoms with van der Waals surface area (Å²) in [5.74, 6) is 1.49. The molecule has 1 rings (SSSR count). The van der Waals surface area contributed by atoms with E-state index >= 15 is 0 Å². The van der Waals surface area contributed by atoms with Crippen LogP contribution in [0.15, 0.2) is 18.2 Å². The Kier molecular flexibility index (Phi) is 5.82. The molecule has 0 spiro atoms. The number of nitrogen functional groups attached to an aromatic ring is 1. The second-order valence-electron chi connectivity index (χ2n) is 4.45. The zero-order valence-corrected chi connectivity index (χ0v) is 12.6. The van der Waals surface area contributed by atoms with E-state index in [0.717, 1.165) is 11.5 Å². The number of rotatable bonds is 6. The first-order valence-electron chi connectivity index (χ1n) is 6.27. The van der Waals surface area contributed by atoms with Crippen LogP contribution in [-0.2, 0) is 0 Å². The number of nitro benzene ring substituents is 1. The van der Waals surface area contributed by atoms with Crippen LogP contribution in [0.5, 0.6) is 0 Å². The average molecular weight is 297 g/mol. The molecule has 0 radical (unpaired) electrons. The highest BCUT2D eigenvalue weighted by Crippen LogP contribution is 2.22. The zero-order valence-electron chi connectivity index (χ0n) is 11.8. The number of nitro groups is 1. The largest absolute Gasteiger partial charge is 0.398 e. The lowest BCUT2D eigenvalue weighted by molar-refractivity contribution is -0.384. The Morgan fingerprint density at radius 3 is 2.75 bits per heavy atom. The van der Waals surface area contributed by atoms with Crippen LogP contribution in [0, 0.1) is 10.1 Å². The van der Waals surface area contributed by atoms with Crippen molar-refractivity contribution in [2.24, 2.45) is 0 Å². The van der Waals surface area contributed by atoms with Gasteiger partial charge in [-0.3, -0.25) is 14.9 Å². The Labute approximate surface area is 122 Å². The molecule has 2 N–H and O–H groups in total. The normalized spacial score (nSPS) is 11.9. The Hall–Kier alpha value is -1.76. The maximum absolute atomic E-state index is 12.4. The Morgan fingerprint density at radius 1 is 1.55 bits per heavy atom. The van der Waals surface area contributed by atoms with Crippen molar-refractivity contribution in [2.75, 3.05) is 24.3 Å². The summed E-state index contributed by atoms with van der Waals surface area (Å²) in [7, 11) is 1.68. The molecule has 110 valence electrons. The number of benzene rings is 1. The minimum atomic E-state index is -0.535. The van der Waals surface area contributed by atoms with Crippen molar-refractivity contribution in [1.82, 2.24) is 4.90 Å². The monoisotopic (exact) mass is 297 g/mol. The molecular weight excluding hydrogens is 278 g/mol. The van der Waals surface area contributed by atoms with Crippen molar-refractivity contribution in [2.45, 2.75) is 19.9 Å². The number of carbonyl (C=O) groups excluding carboxylic acids is 1. The van der Waals surface area contributed by atoms with Gasteiger partial charge in [0.25, 0.3) is 11.6 Å². The van der Waals surface area contributed by atoms with Gasteiger partial charge < -0.3 is 10.6 Å². The molecule has 0 saturated heterocycles. The molecule has 1 unspecified atom stereocenters. The van der Waals surface area contributed by atoms with E-state index in [9.17, 15) is 14.9 Å². The third-order valence-electron chi connectivity index (χ3n) is 3.02. The van der Waals surface area contributed by atoms with Gasteiger partial charge in [-0.1, -0.05) is 6.92 Å². The number of amides is 1. The number of thioether (sulfide) groups is 1. The van der Waals surface area contributed by atoms with E-state index < -0.39 is 4.92 Å². The summed E-state index contributed by atoms with van der Waals surface area (Å²) in [6.07, 6.45) is 0. The summed E-state index contributed by atoms with van der Waals surface area (Å²) >= 11 is 1.74. The number of nitrogens with zero attached hydrogens (tertiary/aromatic N) is 2. The summed E-state index contributed by atoms with van der Waals surface area (Å²) in [5.41, 5.74) is 6.05. The average Bonchev–Trinajstić information content (AvgIpc) is 2.43. The molecule has 0 aliphatic heterocycles. The Morgan fingerprint density at radius 2 is 2.20 bits per heavy atom. The van der Waals surface area contributed by atoms with Gasteiger partial charge in [0.15, 0.2) is 0 Å². The molecule has 0 fully saturated rings. The molecule has 7 heteroatoms. The summed E-state index contributed by atoms with van der Waals surface area (Å²) in [4.78, 5) is 24.2. The van der Waals surface area contributed by atoms with Crippen molar-refractivity contribution >= 4 is 29.0 Å². The van der Waals surface area contributed by atoms with Crippen LogP contribution in [0.2, 0.25) is 0 Å². The second-order valence-corrected chi connectivity index (χ2v) is 5.77. The topological polar surface area (TPSA) is 89.5 Å². The molecule has 1 aromatic rings. The predicted octanol–water partition coefficient (Wildman–Crippen LogP) is 2.39. The molecule has 1 amide bonds. The van der Waals surface area contributed by atoms with Crippen LogP contribution in [-0.4, -0.2) is 40.3 Å². The van der Waals surface area contributed by atoms with E-state index in [4.69, 9.17) is 5.73 Å². The van der Waals surface area contributed by atoms with E-state index in [1.165, 1.54) is 18.2 Å². The van der Waals surface area contributed by atoms with Crippen molar-refractivity contribution in [3.8, 4) is 0 Å². The van der Waals surface area contributed by atoms with E-state index in [0.29, 0.717) is 0 Å². The van der Waals surface area contributed by atoms with Gasteiger partial charge in [-0.25, -0.2) is 0 Å². The summed E-state index contributed by atoms with van der Waals surface area (Å²) in [6.45, 7) is 3.99. The van der Waals surface area contributed by atoms with Gasteiger partial charge in [0.1, 0.15) is 0 Å². The molecule has 1 atom stereocenters. The highest BCUT2D eigenvalue weighted by molar-refractivity contribution is 7.99. The molecule has 1 aromatic carbocycles. The van der Waals surface area contributed by atoms with Gasteiger partial charge in [-0.15, -0.1) is 0 Å². The maximum Gasteiger partial charge on any atom is 0.270 e. The number of carbonyl (C=O) groups is 1. The van der Waals surface area contributed by atoms with Gasteiger partial charge in [0, 0.05) is 36.7 Å². The molecule has 0 aliphatic carbocycles. The van der Waals surface area contributed by atoms with Gasteiger partial charge >= 0.3 is 0 Å². The van der Waals surface area contributed by atoms with Crippen LogP contribution in [0.3, 0.4) is 0 Å². The van der Waals surface area contributed by atoms with Crippen LogP contribution < -0.4 is 5.73 Å². The maximum atomic E-state index is 12.4. The fraction of sp³-hybridized carbons (Fsp3) is 0.462. The van der Waals surface area contributed by atoms with Crippen LogP contribution in [0.1, 0.15) is 24.2 Å². The van der Waals surface area contributed by atoms with E-state index in [1.54, 1.807) is 23.7 Å². The number of hydrogen-bond acceptors (Lipinski definition) is 5. The second kappa shape index (κ2) is 7.14. The number of hydrogen-bond donors (Lipinski definition) is 1. The summed E-state index contributed by atoms with van der Waals surface area (Å²) in [6, 6.07) is 3.95. The van der Waals surface area contributed by atoms with Crippen LogP contribution in [0.25, 0.3) is 0 Å². The quantitative estimate of drug-likeness (QED) is 0.494. The predicted molar refractivity (Wildman–Crippen MR) is 82.1 cm³/mol. The van der Waals surface area contributed by atoms with Crippen molar-refractivity contribution in [1.29, 1.82) is 0 Å². The van der Waals surface area contributed by atoms with Gasteiger partial charge in [0.05, 0.1) is 10.5 Å². The van der Waals surface area contributed by atoms with E-state index in [-0.39, 0.29) is 28.9 Å². The lowest BCUT2D eigenvalue weighted by atomic mass is 10.1. The molecule has 6 nitrogen and oxygen atoms in total. The molecule has 0 saturated carbocycles. The fourth-order valence-corrected chi connectivity index (χ4v) is 2.43. The SMILES string of the molecule is CCSCC(C)N(C)C(=O)c1cc([N+](=O)[O-])ccc1N. The zero-order chi connectivity index (χ0) is 15.3. The molecule has 0 bridgehead atoms. The van der Waals surface area contributed by atoms with Crippen LogP contribution in [0.4, 0.5) is 11.4 Å². The van der Waals surface area contributed by atoms with Crippen molar-refractivity contribution in [3.63, 3.8) is 0 Å². The Bertz CT molecular complexity index is 508. The first-order valence-corrected chi connectivity index (χ1v) is 7.42. The number of non-ortho nitro benzene ring substituents is 1. The first kappa shape index (κ1) is 16.3.